The number of esters is 1. The zero-order valence-electron chi connectivity index (χ0n) is 15.9. The number of carbonyl (C=O) groups excluding carboxylic acids is 2. The Morgan fingerprint density at radius 1 is 0.893 bits per heavy atom. The largest absolute Gasteiger partial charge is 0.457 e. The van der Waals surface area contributed by atoms with Crippen molar-refractivity contribution in [3.8, 4) is 11.1 Å². The van der Waals surface area contributed by atoms with Crippen LogP contribution in [0.5, 0.6) is 0 Å². The molecule has 0 unspecified atom stereocenters. The first kappa shape index (κ1) is 18.2. The molecule has 0 heterocycles. The number of rotatable bonds is 6. The summed E-state index contributed by atoms with van der Waals surface area (Å²) in [7, 11) is 0. The first-order chi connectivity index (χ1) is 13.6. The summed E-state index contributed by atoms with van der Waals surface area (Å²) < 4.78 is 5.25. The van der Waals surface area contributed by atoms with Crippen LogP contribution >= 0.6 is 0 Å². The van der Waals surface area contributed by atoms with Gasteiger partial charge in [0.25, 0.3) is 0 Å². The lowest BCUT2D eigenvalue weighted by Gasteiger charge is -2.11. The summed E-state index contributed by atoms with van der Waals surface area (Å²) >= 11 is 0. The Bertz CT molecular complexity index is 1020. The number of carbonyl (C=O) groups is 2. The first-order valence-corrected chi connectivity index (χ1v) is 9.57. The molecule has 3 heteroatoms. The van der Waals surface area contributed by atoms with Crippen molar-refractivity contribution in [2.45, 2.75) is 25.7 Å². The smallest absolute Gasteiger partial charge is 0.306 e. The third kappa shape index (κ3) is 3.74. The highest BCUT2D eigenvalue weighted by atomic mass is 16.5. The van der Waals surface area contributed by atoms with Crippen molar-refractivity contribution >= 4 is 11.8 Å². The van der Waals surface area contributed by atoms with Crippen LogP contribution in [0.1, 0.15) is 46.3 Å². The molecule has 0 bridgehead atoms. The van der Waals surface area contributed by atoms with E-state index in [-0.39, 0.29) is 30.7 Å². The van der Waals surface area contributed by atoms with E-state index in [0.29, 0.717) is 5.56 Å². The molecule has 0 radical (unpaired) electrons. The summed E-state index contributed by atoms with van der Waals surface area (Å²) in [6, 6.07) is 23.8. The molecule has 1 aliphatic rings. The van der Waals surface area contributed by atoms with Crippen molar-refractivity contribution in [2.75, 3.05) is 6.61 Å². The molecule has 1 atom stereocenters. The second-order valence-electron chi connectivity index (χ2n) is 7.31. The Balaban J connectivity index is 1.38. The van der Waals surface area contributed by atoms with E-state index in [1.54, 1.807) is 0 Å². The van der Waals surface area contributed by atoms with Crippen molar-refractivity contribution in [3.63, 3.8) is 0 Å². The summed E-state index contributed by atoms with van der Waals surface area (Å²) in [6.07, 6.45) is 1.15. The average molecular weight is 370 g/mol. The van der Waals surface area contributed by atoms with E-state index < -0.39 is 0 Å². The molecule has 0 fully saturated rings. The fourth-order valence-electron chi connectivity index (χ4n) is 3.73. The SMILES string of the molecule is C[C@H](CC(=O)OCC(=O)c1ccc2c(c1)-c1ccccc1C2)c1ccccc1. The van der Waals surface area contributed by atoms with Gasteiger partial charge in [-0.15, -0.1) is 0 Å². The molecule has 140 valence electrons. The lowest BCUT2D eigenvalue weighted by molar-refractivity contribution is -0.142. The van der Waals surface area contributed by atoms with Gasteiger partial charge in [0.1, 0.15) is 0 Å². The topological polar surface area (TPSA) is 43.4 Å². The highest BCUT2D eigenvalue weighted by Crippen LogP contribution is 2.36. The molecule has 1 aliphatic carbocycles. The van der Waals surface area contributed by atoms with Crippen LogP contribution in [0, 0.1) is 0 Å². The number of ether oxygens (including phenoxy) is 1. The van der Waals surface area contributed by atoms with Gasteiger partial charge in [0.05, 0.1) is 6.42 Å². The van der Waals surface area contributed by atoms with Crippen LogP contribution in [-0.4, -0.2) is 18.4 Å². The predicted molar refractivity (Wildman–Crippen MR) is 109 cm³/mol. The maximum Gasteiger partial charge on any atom is 0.306 e. The Morgan fingerprint density at radius 3 is 2.43 bits per heavy atom. The number of hydrogen-bond acceptors (Lipinski definition) is 3. The minimum absolute atomic E-state index is 0.0558. The van der Waals surface area contributed by atoms with E-state index in [9.17, 15) is 9.59 Å². The molecular weight excluding hydrogens is 348 g/mol. The van der Waals surface area contributed by atoms with E-state index in [4.69, 9.17) is 4.74 Å². The Kier molecular flexibility index (Phi) is 5.07. The van der Waals surface area contributed by atoms with Crippen LogP contribution in [-0.2, 0) is 16.0 Å². The van der Waals surface area contributed by atoms with Crippen LogP contribution in [0.25, 0.3) is 11.1 Å². The van der Waals surface area contributed by atoms with Gasteiger partial charge >= 0.3 is 5.97 Å². The molecule has 0 saturated heterocycles. The molecule has 28 heavy (non-hydrogen) atoms. The number of ketones is 1. The first-order valence-electron chi connectivity index (χ1n) is 9.57. The average Bonchev–Trinajstić information content (AvgIpc) is 3.10. The lowest BCUT2D eigenvalue weighted by Crippen LogP contribution is -2.15. The van der Waals surface area contributed by atoms with Crippen molar-refractivity contribution < 1.29 is 14.3 Å². The van der Waals surface area contributed by atoms with Crippen LogP contribution in [0.15, 0.2) is 72.8 Å². The second kappa shape index (κ2) is 7.81. The standard InChI is InChI=1S/C25H22O3/c1-17(18-7-3-2-4-8-18)13-25(27)28-16-24(26)21-12-11-20-14-19-9-5-6-10-22(19)23(20)15-21/h2-12,15,17H,13-14,16H2,1H3/t17-/m1/s1. The maximum absolute atomic E-state index is 12.5. The number of hydrogen-bond donors (Lipinski definition) is 0. The van der Waals surface area contributed by atoms with Crippen molar-refractivity contribution in [3.05, 3.63) is 95.1 Å². The minimum Gasteiger partial charge on any atom is -0.457 e. The van der Waals surface area contributed by atoms with Crippen molar-refractivity contribution in [2.24, 2.45) is 0 Å². The second-order valence-corrected chi connectivity index (χ2v) is 7.31. The summed E-state index contributed by atoms with van der Waals surface area (Å²) in [4.78, 5) is 24.7. The molecule has 4 rings (SSSR count). The summed E-state index contributed by atoms with van der Waals surface area (Å²) in [6.45, 7) is 1.76. The number of Topliss-reactive ketones (excluding diaryl/α,β-unsaturated/α-hetero) is 1. The predicted octanol–water partition coefficient (Wildman–Crippen LogP) is 5.18. The van der Waals surface area contributed by atoms with Gasteiger partial charge in [-0.25, -0.2) is 0 Å². The van der Waals surface area contributed by atoms with Gasteiger partial charge in [-0.2, -0.15) is 0 Å². The quantitative estimate of drug-likeness (QED) is 0.347. The minimum atomic E-state index is -0.351. The highest BCUT2D eigenvalue weighted by molar-refractivity contribution is 5.99. The molecule has 0 amide bonds. The van der Waals surface area contributed by atoms with Crippen molar-refractivity contribution in [1.29, 1.82) is 0 Å². The molecule has 3 nitrogen and oxygen atoms in total. The molecule has 0 saturated carbocycles. The molecule has 3 aromatic carbocycles. The van der Waals surface area contributed by atoms with E-state index in [2.05, 4.69) is 12.1 Å². The molecule has 0 aromatic heterocycles. The third-order valence-electron chi connectivity index (χ3n) is 5.33. The normalized spacial score (nSPS) is 12.8. The van der Waals surface area contributed by atoms with Gasteiger partial charge in [-0.3, -0.25) is 9.59 Å². The molecule has 3 aromatic rings. The third-order valence-corrected chi connectivity index (χ3v) is 5.33. The van der Waals surface area contributed by atoms with Crippen LogP contribution in [0.4, 0.5) is 0 Å². The molecule has 0 spiro atoms. The Morgan fingerprint density at radius 2 is 1.61 bits per heavy atom. The summed E-state index contributed by atoms with van der Waals surface area (Å²) in [5, 5.41) is 0. The highest BCUT2D eigenvalue weighted by Gasteiger charge is 2.20. The monoisotopic (exact) mass is 370 g/mol. The fraction of sp³-hybridized carbons (Fsp3) is 0.200. The van der Waals surface area contributed by atoms with Crippen LogP contribution < -0.4 is 0 Å². The number of fused-ring (bicyclic) bond motifs is 3. The zero-order valence-corrected chi connectivity index (χ0v) is 15.9. The fourth-order valence-corrected chi connectivity index (χ4v) is 3.73. The van der Waals surface area contributed by atoms with Crippen molar-refractivity contribution in [1.82, 2.24) is 0 Å². The zero-order chi connectivity index (χ0) is 19.5. The van der Waals surface area contributed by atoms with Gasteiger partial charge in [0.15, 0.2) is 12.4 Å². The maximum atomic E-state index is 12.5. The van der Waals surface area contributed by atoms with Gasteiger partial charge < -0.3 is 4.74 Å². The molecule has 0 aliphatic heterocycles. The van der Waals surface area contributed by atoms with E-state index in [1.165, 1.54) is 16.7 Å². The van der Waals surface area contributed by atoms with E-state index >= 15 is 0 Å². The molecule has 0 N–H and O–H groups in total. The van der Waals surface area contributed by atoms with E-state index in [0.717, 1.165) is 17.5 Å². The lowest BCUT2D eigenvalue weighted by atomic mass is 9.98. The van der Waals surface area contributed by atoms with Crippen LogP contribution in [0.3, 0.4) is 0 Å². The van der Waals surface area contributed by atoms with Crippen LogP contribution in [0.2, 0.25) is 0 Å². The van der Waals surface area contributed by atoms with Gasteiger partial charge in [-0.05, 0) is 46.2 Å². The Hall–Kier alpha value is -3.20. The summed E-state index contributed by atoms with van der Waals surface area (Å²) in [5.41, 5.74) is 6.46. The van der Waals surface area contributed by atoms with Gasteiger partial charge in [0.2, 0.25) is 0 Å². The van der Waals surface area contributed by atoms with Gasteiger partial charge in [-0.1, -0.05) is 73.7 Å². The van der Waals surface area contributed by atoms with E-state index in [1.807, 2.05) is 67.6 Å². The molecular formula is C25H22O3. The summed E-state index contributed by atoms with van der Waals surface area (Å²) in [5.74, 6) is -0.468. The Labute approximate surface area is 165 Å². The number of benzene rings is 3. The van der Waals surface area contributed by atoms with Gasteiger partial charge in [0, 0.05) is 5.56 Å².